The Kier molecular flexibility index (Phi) is 6.02. The van der Waals surface area contributed by atoms with Crippen molar-refractivity contribution in [2.24, 2.45) is 0 Å². The lowest BCUT2D eigenvalue weighted by molar-refractivity contribution is 0.102. The Morgan fingerprint density at radius 3 is 2.10 bits per heavy atom. The van der Waals surface area contributed by atoms with Crippen LogP contribution in [0.25, 0.3) is 17.1 Å². The van der Waals surface area contributed by atoms with Gasteiger partial charge < -0.3 is 0 Å². The Bertz CT molecular complexity index is 1170. The van der Waals surface area contributed by atoms with Crippen LogP contribution >= 0.6 is 23.4 Å². The molecule has 0 N–H and O–H groups in total. The van der Waals surface area contributed by atoms with Crippen molar-refractivity contribution in [3.63, 3.8) is 0 Å². The first kappa shape index (κ1) is 20.4. The van der Waals surface area contributed by atoms with Gasteiger partial charge in [-0.05, 0) is 50.2 Å². The first-order valence-corrected chi connectivity index (χ1v) is 10.9. The Balaban J connectivity index is 1.67. The highest BCUT2D eigenvalue weighted by molar-refractivity contribution is 7.99. The number of carbonyl (C=O) groups excluding carboxylic acids is 1. The number of aromatic nitrogens is 3. The molecule has 4 rings (SSSR count). The van der Waals surface area contributed by atoms with Crippen LogP contribution in [0, 0.1) is 13.8 Å². The number of Topliss-reactive ketones (excluding diaryl/α,β-unsaturated/α-hetero) is 1. The number of halogens is 1. The molecule has 150 valence electrons. The summed E-state index contributed by atoms with van der Waals surface area (Å²) in [6.45, 7) is 4.11. The molecule has 0 fully saturated rings. The number of hydrogen-bond acceptors (Lipinski definition) is 4. The van der Waals surface area contributed by atoms with E-state index in [1.165, 1.54) is 22.9 Å². The molecule has 0 saturated carbocycles. The fourth-order valence-corrected chi connectivity index (χ4v) is 4.00. The number of nitrogens with zero attached hydrogens (tertiary/aromatic N) is 3. The largest absolute Gasteiger partial charge is 0.293 e. The number of carbonyl (C=O) groups is 1. The van der Waals surface area contributed by atoms with Gasteiger partial charge in [-0.15, -0.1) is 10.2 Å². The van der Waals surface area contributed by atoms with E-state index in [4.69, 9.17) is 11.6 Å². The fraction of sp³-hybridized carbons (Fsp3) is 0.125. The van der Waals surface area contributed by atoms with Gasteiger partial charge >= 0.3 is 0 Å². The first-order chi connectivity index (χ1) is 14.5. The van der Waals surface area contributed by atoms with E-state index in [9.17, 15) is 4.79 Å². The number of thioether (sulfide) groups is 1. The zero-order valence-electron chi connectivity index (χ0n) is 16.7. The van der Waals surface area contributed by atoms with E-state index in [1.54, 1.807) is 24.3 Å². The van der Waals surface area contributed by atoms with Crippen LogP contribution in [0.3, 0.4) is 0 Å². The van der Waals surface area contributed by atoms with E-state index >= 15 is 0 Å². The van der Waals surface area contributed by atoms with Gasteiger partial charge in [-0.25, -0.2) is 0 Å². The van der Waals surface area contributed by atoms with Crippen LogP contribution in [-0.4, -0.2) is 26.3 Å². The van der Waals surface area contributed by atoms with Crippen LogP contribution in [0.5, 0.6) is 0 Å². The molecule has 0 bridgehead atoms. The van der Waals surface area contributed by atoms with Crippen LogP contribution < -0.4 is 0 Å². The standard InChI is InChI=1S/C24H20ClN3OS/c1-16-3-7-19(8-4-16)23-26-27-24(28(23)21-13-5-17(2)6-14-21)30-15-22(29)18-9-11-20(25)12-10-18/h3-14H,15H2,1-2H3. The first-order valence-electron chi connectivity index (χ1n) is 9.52. The molecule has 0 saturated heterocycles. The lowest BCUT2D eigenvalue weighted by Gasteiger charge is -2.11. The highest BCUT2D eigenvalue weighted by Gasteiger charge is 2.18. The van der Waals surface area contributed by atoms with Crippen LogP contribution in [0.15, 0.2) is 78.0 Å². The summed E-state index contributed by atoms with van der Waals surface area (Å²) in [5, 5.41) is 10.1. The minimum absolute atomic E-state index is 0.0204. The molecule has 0 aliphatic rings. The second kappa shape index (κ2) is 8.86. The molecule has 0 amide bonds. The number of ketones is 1. The zero-order valence-corrected chi connectivity index (χ0v) is 18.2. The number of hydrogen-bond donors (Lipinski definition) is 0. The summed E-state index contributed by atoms with van der Waals surface area (Å²) in [7, 11) is 0. The summed E-state index contributed by atoms with van der Waals surface area (Å²) in [4.78, 5) is 12.6. The maximum atomic E-state index is 12.6. The molecular formula is C24H20ClN3OS. The quantitative estimate of drug-likeness (QED) is 0.269. The Labute approximate surface area is 184 Å². The lowest BCUT2D eigenvalue weighted by Crippen LogP contribution is -2.05. The van der Waals surface area contributed by atoms with Crippen LogP contribution in [0.4, 0.5) is 0 Å². The second-order valence-electron chi connectivity index (χ2n) is 7.06. The van der Waals surface area contributed by atoms with Crippen molar-refractivity contribution in [2.75, 3.05) is 5.75 Å². The summed E-state index contributed by atoms with van der Waals surface area (Å²) in [6.07, 6.45) is 0. The predicted octanol–water partition coefficient (Wildman–Crippen LogP) is 6.18. The number of aryl methyl sites for hydroxylation is 2. The predicted molar refractivity (Wildman–Crippen MR) is 123 cm³/mol. The van der Waals surface area contributed by atoms with E-state index < -0.39 is 0 Å². The number of rotatable bonds is 6. The monoisotopic (exact) mass is 433 g/mol. The van der Waals surface area contributed by atoms with Crippen molar-refractivity contribution in [2.45, 2.75) is 19.0 Å². The maximum absolute atomic E-state index is 12.6. The molecule has 30 heavy (non-hydrogen) atoms. The van der Waals surface area contributed by atoms with Crippen LogP contribution in [0.1, 0.15) is 21.5 Å². The van der Waals surface area contributed by atoms with Gasteiger partial charge in [-0.1, -0.05) is 70.9 Å². The van der Waals surface area contributed by atoms with Crippen molar-refractivity contribution in [1.82, 2.24) is 14.8 Å². The summed E-state index contributed by atoms with van der Waals surface area (Å²) >= 11 is 7.30. The van der Waals surface area contributed by atoms with Crippen molar-refractivity contribution in [1.29, 1.82) is 0 Å². The van der Waals surface area contributed by atoms with E-state index in [0.29, 0.717) is 15.7 Å². The normalized spacial score (nSPS) is 10.9. The van der Waals surface area contributed by atoms with Crippen LogP contribution in [-0.2, 0) is 0 Å². The van der Waals surface area contributed by atoms with E-state index in [0.717, 1.165) is 17.1 Å². The third-order valence-electron chi connectivity index (χ3n) is 4.73. The second-order valence-corrected chi connectivity index (χ2v) is 8.44. The molecule has 4 aromatic rings. The molecule has 0 atom stereocenters. The average Bonchev–Trinajstić information content (AvgIpc) is 3.17. The summed E-state index contributed by atoms with van der Waals surface area (Å²) in [6, 6.07) is 23.3. The molecule has 1 heterocycles. The van der Waals surface area contributed by atoms with Gasteiger partial charge in [0.1, 0.15) is 0 Å². The summed E-state index contributed by atoms with van der Waals surface area (Å²) in [5.41, 5.74) is 4.93. The third-order valence-corrected chi connectivity index (χ3v) is 5.91. The van der Waals surface area contributed by atoms with Gasteiger partial charge in [0.05, 0.1) is 5.75 Å². The van der Waals surface area contributed by atoms with E-state index in [2.05, 4.69) is 48.3 Å². The Morgan fingerprint density at radius 2 is 1.47 bits per heavy atom. The van der Waals surface area contributed by atoms with Gasteiger partial charge in [0, 0.05) is 21.8 Å². The molecule has 0 aliphatic heterocycles. The van der Waals surface area contributed by atoms with Crippen molar-refractivity contribution in [3.05, 3.63) is 94.5 Å². The molecule has 0 unspecified atom stereocenters. The molecular weight excluding hydrogens is 414 g/mol. The van der Waals surface area contributed by atoms with Gasteiger partial charge in [0.15, 0.2) is 16.8 Å². The molecule has 0 aliphatic carbocycles. The molecule has 1 aromatic heterocycles. The third kappa shape index (κ3) is 4.48. The van der Waals surface area contributed by atoms with E-state index in [-0.39, 0.29) is 11.5 Å². The Morgan fingerprint density at radius 1 is 0.867 bits per heavy atom. The van der Waals surface area contributed by atoms with Crippen molar-refractivity contribution < 1.29 is 4.79 Å². The van der Waals surface area contributed by atoms with E-state index in [1.807, 2.05) is 28.8 Å². The fourth-order valence-electron chi connectivity index (χ4n) is 3.03. The summed E-state index contributed by atoms with van der Waals surface area (Å²) < 4.78 is 2.00. The highest BCUT2D eigenvalue weighted by Crippen LogP contribution is 2.29. The van der Waals surface area contributed by atoms with Crippen LogP contribution in [0.2, 0.25) is 5.02 Å². The topological polar surface area (TPSA) is 47.8 Å². The average molecular weight is 434 g/mol. The molecule has 3 aromatic carbocycles. The molecule has 4 nitrogen and oxygen atoms in total. The summed E-state index contributed by atoms with van der Waals surface area (Å²) in [5.74, 6) is 1.03. The minimum Gasteiger partial charge on any atom is -0.293 e. The minimum atomic E-state index is 0.0204. The maximum Gasteiger partial charge on any atom is 0.196 e. The smallest absolute Gasteiger partial charge is 0.196 e. The van der Waals surface area contributed by atoms with Gasteiger partial charge in [0.2, 0.25) is 0 Å². The SMILES string of the molecule is Cc1ccc(-c2nnc(SCC(=O)c3ccc(Cl)cc3)n2-c2ccc(C)cc2)cc1. The van der Waals surface area contributed by atoms with Crippen molar-refractivity contribution >= 4 is 29.1 Å². The zero-order chi connectivity index (χ0) is 21.1. The van der Waals surface area contributed by atoms with Gasteiger partial charge in [-0.3, -0.25) is 9.36 Å². The van der Waals surface area contributed by atoms with Gasteiger partial charge in [0.25, 0.3) is 0 Å². The van der Waals surface area contributed by atoms with Crippen molar-refractivity contribution in [3.8, 4) is 17.1 Å². The molecule has 6 heteroatoms. The number of benzene rings is 3. The molecule has 0 spiro atoms. The van der Waals surface area contributed by atoms with Gasteiger partial charge in [-0.2, -0.15) is 0 Å². The molecule has 0 radical (unpaired) electrons. The highest BCUT2D eigenvalue weighted by atomic mass is 35.5. The lowest BCUT2D eigenvalue weighted by atomic mass is 10.1. The Hall–Kier alpha value is -2.89.